The molecule has 0 amide bonds. The SMILES string of the molecule is CC(N)Cn1cccc1C#N. The molecule has 0 aliphatic rings. The molecule has 3 nitrogen and oxygen atoms in total. The van der Waals surface area contributed by atoms with Crippen LogP contribution in [-0.4, -0.2) is 10.6 Å². The predicted molar refractivity (Wildman–Crippen MR) is 42.8 cm³/mol. The van der Waals surface area contributed by atoms with E-state index in [1.807, 2.05) is 23.8 Å². The first-order valence-corrected chi connectivity index (χ1v) is 3.55. The molecule has 1 rings (SSSR count). The molecule has 0 saturated heterocycles. The van der Waals surface area contributed by atoms with Crippen molar-refractivity contribution in [3.05, 3.63) is 24.0 Å². The van der Waals surface area contributed by atoms with Crippen molar-refractivity contribution in [3.63, 3.8) is 0 Å². The molecule has 11 heavy (non-hydrogen) atoms. The molecule has 1 aromatic rings. The van der Waals surface area contributed by atoms with Gasteiger partial charge in [0.25, 0.3) is 0 Å². The summed E-state index contributed by atoms with van der Waals surface area (Å²) in [6.45, 7) is 2.62. The van der Waals surface area contributed by atoms with E-state index in [1.54, 1.807) is 6.07 Å². The van der Waals surface area contributed by atoms with E-state index in [2.05, 4.69) is 6.07 Å². The number of aromatic nitrogens is 1. The Kier molecular flexibility index (Phi) is 2.29. The van der Waals surface area contributed by atoms with Gasteiger partial charge in [-0.25, -0.2) is 0 Å². The van der Waals surface area contributed by atoms with Crippen molar-refractivity contribution in [2.45, 2.75) is 19.5 Å². The van der Waals surface area contributed by atoms with Crippen LogP contribution in [0.15, 0.2) is 18.3 Å². The minimum atomic E-state index is 0.0921. The molecular weight excluding hydrogens is 138 g/mol. The number of nitrogens with zero attached hydrogens (tertiary/aromatic N) is 2. The first-order valence-electron chi connectivity index (χ1n) is 3.55. The van der Waals surface area contributed by atoms with Gasteiger partial charge in [0.15, 0.2) is 0 Å². The third-order valence-electron chi connectivity index (χ3n) is 1.43. The Morgan fingerprint density at radius 3 is 3.09 bits per heavy atom. The van der Waals surface area contributed by atoms with Gasteiger partial charge in [-0.3, -0.25) is 0 Å². The molecule has 0 bridgehead atoms. The predicted octanol–water partition coefficient (Wildman–Crippen LogP) is 0.707. The molecule has 1 unspecified atom stereocenters. The second kappa shape index (κ2) is 3.22. The largest absolute Gasteiger partial charge is 0.338 e. The molecule has 58 valence electrons. The normalized spacial score (nSPS) is 12.5. The zero-order chi connectivity index (χ0) is 8.27. The lowest BCUT2D eigenvalue weighted by molar-refractivity contribution is 0.588. The topological polar surface area (TPSA) is 54.7 Å². The Hall–Kier alpha value is -1.27. The van der Waals surface area contributed by atoms with Crippen molar-refractivity contribution in [1.82, 2.24) is 4.57 Å². The lowest BCUT2D eigenvalue weighted by Gasteiger charge is -2.06. The number of rotatable bonds is 2. The summed E-state index contributed by atoms with van der Waals surface area (Å²) in [6.07, 6.45) is 1.86. The van der Waals surface area contributed by atoms with Crippen LogP contribution in [0.1, 0.15) is 12.6 Å². The van der Waals surface area contributed by atoms with Gasteiger partial charge >= 0.3 is 0 Å². The maximum atomic E-state index is 8.61. The molecule has 0 aliphatic carbocycles. The monoisotopic (exact) mass is 149 g/mol. The summed E-state index contributed by atoms with van der Waals surface area (Å²) in [7, 11) is 0. The van der Waals surface area contributed by atoms with Crippen molar-refractivity contribution in [2.24, 2.45) is 5.73 Å². The Labute approximate surface area is 66.0 Å². The van der Waals surface area contributed by atoms with Crippen LogP contribution in [0.2, 0.25) is 0 Å². The lowest BCUT2D eigenvalue weighted by atomic mass is 10.3. The minimum absolute atomic E-state index is 0.0921. The minimum Gasteiger partial charge on any atom is -0.338 e. The van der Waals surface area contributed by atoms with Crippen LogP contribution >= 0.6 is 0 Å². The third-order valence-corrected chi connectivity index (χ3v) is 1.43. The maximum Gasteiger partial charge on any atom is 0.120 e. The van der Waals surface area contributed by atoms with Crippen molar-refractivity contribution >= 4 is 0 Å². The summed E-state index contributed by atoms with van der Waals surface area (Å²) < 4.78 is 1.85. The lowest BCUT2D eigenvalue weighted by Crippen LogP contribution is -2.22. The zero-order valence-corrected chi connectivity index (χ0v) is 6.49. The fraction of sp³-hybridized carbons (Fsp3) is 0.375. The van der Waals surface area contributed by atoms with Crippen LogP contribution in [0.25, 0.3) is 0 Å². The number of hydrogen-bond acceptors (Lipinski definition) is 2. The van der Waals surface area contributed by atoms with E-state index in [-0.39, 0.29) is 6.04 Å². The highest BCUT2D eigenvalue weighted by atomic mass is 15.0. The maximum absolute atomic E-state index is 8.61. The number of hydrogen-bond donors (Lipinski definition) is 1. The van der Waals surface area contributed by atoms with Crippen LogP contribution < -0.4 is 5.73 Å². The van der Waals surface area contributed by atoms with E-state index >= 15 is 0 Å². The van der Waals surface area contributed by atoms with E-state index in [4.69, 9.17) is 11.0 Å². The summed E-state index contributed by atoms with van der Waals surface area (Å²) in [5.41, 5.74) is 6.25. The molecule has 1 aromatic heterocycles. The van der Waals surface area contributed by atoms with Crippen molar-refractivity contribution in [2.75, 3.05) is 0 Å². The third kappa shape index (κ3) is 1.82. The molecule has 0 spiro atoms. The highest BCUT2D eigenvalue weighted by molar-refractivity contribution is 5.21. The van der Waals surface area contributed by atoms with Gasteiger partial charge in [-0.2, -0.15) is 5.26 Å². The van der Waals surface area contributed by atoms with Crippen LogP contribution in [0.3, 0.4) is 0 Å². The summed E-state index contributed by atoms with van der Waals surface area (Å²) in [5, 5.41) is 8.61. The molecule has 0 saturated carbocycles. The summed E-state index contributed by atoms with van der Waals surface area (Å²) in [5.74, 6) is 0. The van der Waals surface area contributed by atoms with E-state index in [1.165, 1.54) is 0 Å². The molecule has 0 radical (unpaired) electrons. The van der Waals surface area contributed by atoms with Gasteiger partial charge in [0.1, 0.15) is 11.8 Å². The van der Waals surface area contributed by atoms with E-state index in [0.29, 0.717) is 12.2 Å². The van der Waals surface area contributed by atoms with E-state index in [0.717, 1.165) is 0 Å². The second-order valence-electron chi connectivity index (χ2n) is 2.63. The van der Waals surface area contributed by atoms with Crippen LogP contribution in [-0.2, 0) is 6.54 Å². The Morgan fingerprint density at radius 1 is 1.82 bits per heavy atom. The van der Waals surface area contributed by atoms with Crippen LogP contribution in [0.5, 0.6) is 0 Å². The summed E-state index contributed by atoms with van der Waals surface area (Å²) >= 11 is 0. The van der Waals surface area contributed by atoms with Gasteiger partial charge in [0.2, 0.25) is 0 Å². The van der Waals surface area contributed by atoms with Gasteiger partial charge < -0.3 is 10.3 Å². The summed E-state index contributed by atoms with van der Waals surface area (Å²) in [4.78, 5) is 0. The Bertz CT molecular complexity index is 267. The van der Waals surface area contributed by atoms with Gasteiger partial charge in [-0.05, 0) is 19.1 Å². The van der Waals surface area contributed by atoms with Gasteiger partial charge in [-0.1, -0.05) is 0 Å². The molecule has 3 heteroatoms. The van der Waals surface area contributed by atoms with Crippen molar-refractivity contribution in [1.29, 1.82) is 5.26 Å². The van der Waals surface area contributed by atoms with Gasteiger partial charge in [0.05, 0.1) is 0 Å². The fourth-order valence-corrected chi connectivity index (χ4v) is 0.985. The molecule has 1 heterocycles. The summed E-state index contributed by atoms with van der Waals surface area (Å²) in [6, 6.07) is 5.81. The molecule has 0 aromatic carbocycles. The van der Waals surface area contributed by atoms with Crippen molar-refractivity contribution in [3.8, 4) is 6.07 Å². The molecule has 2 N–H and O–H groups in total. The fourth-order valence-electron chi connectivity index (χ4n) is 0.985. The average molecular weight is 149 g/mol. The molecule has 1 atom stereocenters. The van der Waals surface area contributed by atoms with E-state index < -0.39 is 0 Å². The molecular formula is C8H11N3. The average Bonchev–Trinajstić information content (AvgIpc) is 2.34. The zero-order valence-electron chi connectivity index (χ0n) is 6.49. The quantitative estimate of drug-likeness (QED) is 0.673. The van der Waals surface area contributed by atoms with Crippen LogP contribution in [0, 0.1) is 11.3 Å². The molecule has 0 aliphatic heterocycles. The van der Waals surface area contributed by atoms with Crippen molar-refractivity contribution < 1.29 is 0 Å². The first-order chi connectivity index (χ1) is 5.24. The first kappa shape index (κ1) is 7.83. The van der Waals surface area contributed by atoms with Gasteiger partial charge in [-0.15, -0.1) is 0 Å². The smallest absolute Gasteiger partial charge is 0.120 e. The van der Waals surface area contributed by atoms with Crippen LogP contribution in [0.4, 0.5) is 0 Å². The standard InChI is InChI=1S/C8H11N3/c1-7(10)6-11-4-2-3-8(11)5-9/h2-4,7H,6,10H2,1H3. The molecule has 0 fully saturated rings. The Morgan fingerprint density at radius 2 is 2.55 bits per heavy atom. The highest BCUT2D eigenvalue weighted by Crippen LogP contribution is 2.00. The van der Waals surface area contributed by atoms with Gasteiger partial charge in [0, 0.05) is 18.8 Å². The highest BCUT2D eigenvalue weighted by Gasteiger charge is 2.00. The second-order valence-corrected chi connectivity index (χ2v) is 2.63. The van der Waals surface area contributed by atoms with E-state index in [9.17, 15) is 0 Å². The number of nitriles is 1. The number of nitrogens with two attached hydrogens (primary N) is 1. The Balaban J connectivity index is 2.79.